The molecule has 3 N–H and O–H groups in total. The first-order valence-corrected chi connectivity index (χ1v) is 8.04. The van der Waals surface area contributed by atoms with Crippen LogP contribution in [0.4, 0.5) is 10.2 Å². The molecule has 2 aromatic heterocycles. The van der Waals surface area contributed by atoms with Crippen LogP contribution in [0.5, 0.6) is 0 Å². The highest BCUT2D eigenvalue weighted by molar-refractivity contribution is 5.77. The average molecular weight is 342 g/mol. The zero-order chi connectivity index (χ0) is 17.8. The largest absolute Gasteiger partial charge is 0.369 e. The molecule has 130 valence electrons. The fourth-order valence-electron chi connectivity index (χ4n) is 2.57. The van der Waals surface area contributed by atoms with Gasteiger partial charge in [-0.3, -0.25) is 4.79 Å². The Balaban J connectivity index is 1.76. The number of nitrogens with zero attached hydrogens (tertiary/aromatic N) is 4. The van der Waals surface area contributed by atoms with Gasteiger partial charge in [0.25, 0.3) is 5.78 Å². The van der Waals surface area contributed by atoms with E-state index in [1.807, 2.05) is 13.0 Å². The van der Waals surface area contributed by atoms with Crippen molar-refractivity contribution in [2.45, 2.75) is 19.8 Å². The Morgan fingerprint density at radius 1 is 1.36 bits per heavy atom. The zero-order valence-electron chi connectivity index (χ0n) is 13.8. The van der Waals surface area contributed by atoms with Gasteiger partial charge >= 0.3 is 0 Å². The number of nitrogens with two attached hydrogens (primary N) is 1. The number of hydrogen-bond donors (Lipinski definition) is 2. The molecule has 1 aromatic carbocycles. The number of amides is 1. The number of hydrogen-bond acceptors (Lipinski definition) is 5. The number of benzene rings is 1. The SMILES string of the molecule is CCc1cc(NC[C@@H](Cc2ccc(F)cc2)C(N)=O)n2ncnc2n1. The number of nitrogens with one attached hydrogen (secondary N) is 1. The monoisotopic (exact) mass is 342 g/mol. The molecule has 3 aromatic rings. The van der Waals surface area contributed by atoms with E-state index >= 15 is 0 Å². The first-order chi connectivity index (χ1) is 12.1. The molecule has 8 heteroatoms. The minimum atomic E-state index is -0.442. The van der Waals surface area contributed by atoms with Gasteiger partial charge in [-0.25, -0.2) is 9.37 Å². The van der Waals surface area contributed by atoms with Gasteiger partial charge in [-0.05, 0) is 30.5 Å². The maximum Gasteiger partial charge on any atom is 0.254 e. The molecule has 0 saturated heterocycles. The quantitative estimate of drug-likeness (QED) is 0.679. The molecule has 0 radical (unpaired) electrons. The van der Waals surface area contributed by atoms with Gasteiger partial charge in [0.2, 0.25) is 5.91 Å². The molecule has 0 aliphatic heterocycles. The highest BCUT2D eigenvalue weighted by Crippen LogP contribution is 2.14. The highest BCUT2D eigenvalue weighted by Gasteiger charge is 2.17. The third-order valence-electron chi connectivity index (χ3n) is 3.99. The molecule has 0 saturated carbocycles. The van der Waals surface area contributed by atoms with E-state index in [2.05, 4.69) is 20.4 Å². The van der Waals surface area contributed by atoms with Gasteiger partial charge in [-0.15, -0.1) is 0 Å². The third-order valence-corrected chi connectivity index (χ3v) is 3.99. The minimum Gasteiger partial charge on any atom is -0.369 e. The van der Waals surface area contributed by atoms with E-state index < -0.39 is 11.8 Å². The summed E-state index contributed by atoms with van der Waals surface area (Å²) in [5.74, 6) is 0.0226. The smallest absolute Gasteiger partial charge is 0.254 e. The van der Waals surface area contributed by atoms with Crippen molar-refractivity contribution in [1.82, 2.24) is 19.6 Å². The van der Waals surface area contributed by atoms with Gasteiger partial charge < -0.3 is 11.1 Å². The van der Waals surface area contributed by atoms with Crippen molar-refractivity contribution < 1.29 is 9.18 Å². The number of primary amides is 1. The number of fused-ring (bicyclic) bond motifs is 1. The van der Waals surface area contributed by atoms with E-state index in [-0.39, 0.29) is 5.82 Å². The van der Waals surface area contributed by atoms with Crippen molar-refractivity contribution in [3.8, 4) is 0 Å². The van der Waals surface area contributed by atoms with Crippen molar-refractivity contribution >= 4 is 17.5 Å². The van der Waals surface area contributed by atoms with E-state index in [4.69, 9.17) is 5.73 Å². The Kier molecular flexibility index (Phi) is 4.87. The van der Waals surface area contributed by atoms with Gasteiger partial charge in [0.1, 0.15) is 18.0 Å². The van der Waals surface area contributed by atoms with Crippen LogP contribution in [-0.2, 0) is 17.6 Å². The molecule has 0 bridgehead atoms. The van der Waals surface area contributed by atoms with Crippen LogP contribution < -0.4 is 11.1 Å². The summed E-state index contributed by atoms with van der Waals surface area (Å²) in [4.78, 5) is 20.3. The Labute approximate surface area is 144 Å². The molecule has 1 amide bonds. The summed E-state index contributed by atoms with van der Waals surface area (Å²) in [6.45, 7) is 2.33. The maximum absolute atomic E-state index is 13.0. The maximum atomic E-state index is 13.0. The molecule has 25 heavy (non-hydrogen) atoms. The average Bonchev–Trinajstić information content (AvgIpc) is 3.08. The second-order valence-electron chi connectivity index (χ2n) is 5.77. The number of halogens is 1. The predicted molar refractivity (Wildman–Crippen MR) is 91.4 cm³/mol. The number of carbonyl (C=O) groups is 1. The van der Waals surface area contributed by atoms with Crippen LogP contribution in [-0.4, -0.2) is 32.0 Å². The summed E-state index contributed by atoms with van der Waals surface area (Å²) in [5, 5.41) is 7.34. The van der Waals surface area contributed by atoms with E-state index in [0.717, 1.165) is 17.7 Å². The summed E-state index contributed by atoms with van der Waals surface area (Å²) < 4.78 is 14.6. The van der Waals surface area contributed by atoms with E-state index in [1.54, 1.807) is 16.6 Å². The lowest BCUT2D eigenvalue weighted by atomic mass is 9.98. The molecule has 0 spiro atoms. The Morgan fingerprint density at radius 3 is 2.80 bits per heavy atom. The van der Waals surface area contributed by atoms with Gasteiger partial charge in [0, 0.05) is 18.3 Å². The van der Waals surface area contributed by atoms with Gasteiger partial charge in [-0.2, -0.15) is 14.6 Å². The second kappa shape index (κ2) is 7.25. The standard InChI is InChI=1S/C17H19FN6O/c1-2-14-8-15(24-17(23-14)21-10-22-24)20-9-12(16(19)25)7-11-3-5-13(18)6-4-11/h3-6,8,10,12,20H,2,7,9H2,1H3,(H2,19,25)/t12-/m1/s1. The van der Waals surface area contributed by atoms with E-state index in [0.29, 0.717) is 24.6 Å². The van der Waals surface area contributed by atoms with Crippen molar-refractivity contribution in [3.05, 3.63) is 53.7 Å². The molecule has 7 nitrogen and oxygen atoms in total. The summed E-state index contributed by atoms with van der Waals surface area (Å²) >= 11 is 0. The topological polar surface area (TPSA) is 98.2 Å². The van der Waals surface area contributed by atoms with Crippen LogP contribution in [0, 0.1) is 11.7 Å². The fourth-order valence-corrected chi connectivity index (χ4v) is 2.57. The van der Waals surface area contributed by atoms with Crippen LogP contribution in [0.2, 0.25) is 0 Å². The van der Waals surface area contributed by atoms with Crippen molar-refractivity contribution in [3.63, 3.8) is 0 Å². The van der Waals surface area contributed by atoms with Crippen LogP contribution in [0.1, 0.15) is 18.2 Å². The predicted octanol–water partition coefficient (Wildman–Crippen LogP) is 1.58. The number of aromatic nitrogens is 4. The summed E-state index contributed by atoms with van der Waals surface area (Å²) in [6.07, 6.45) is 2.61. The molecule has 1 atom stereocenters. The van der Waals surface area contributed by atoms with Crippen molar-refractivity contribution in [2.75, 3.05) is 11.9 Å². The first kappa shape index (κ1) is 16.8. The van der Waals surface area contributed by atoms with Gasteiger partial charge in [-0.1, -0.05) is 19.1 Å². The molecule has 0 aliphatic carbocycles. The van der Waals surface area contributed by atoms with Crippen LogP contribution >= 0.6 is 0 Å². The lowest BCUT2D eigenvalue weighted by Gasteiger charge is -2.16. The summed E-state index contributed by atoms with van der Waals surface area (Å²) in [5.41, 5.74) is 7.25. The molecule has 3 rings (SSSR count). The molecular formula is C17H19FN6O. The van der Waals surface area contributed by atoms with E-state index in [9.17, 15) is 9.18 Å². The Hall–Kier alpha value is -3.03. The van der Waals surface area contributed by atoms with Crippen LogP contribution in [0.15, 0.2) is 36.7 Å². The molecule has 0 unspecified atom stereocenters. The van der Waals surface area contributed by atoms with Crippen LogP contribution in [0.3, 0.4) is 0 Å². The van der Waals surface area contributed by atoms with Crippen molar-refractivity contribution in [2.24, 2.45) is 11.7 Å². The number of rotatable bonds is 7. The lowest BCUT2D eigenvalue weighted by molar-refractivity contribution is -0.121. The fraction of sp³-hybridized carbons (Fsp3) is 0.294. The molecule has 0 fully saturated rings. The highest BCUT2D eigenvalue weighted by atomic mass is 19.1. The van der Waals surface area contributed by atoms with E-state index in [1.165, 1.54) is 18.5 Å². The molecule has 2 heterocycles. The van der Waals surface area contributed by atoms with Crippen molar-refractivity contribution in [1.29, 1.82) is 0 Å². The number of carbonyl (C=O) groups excluding carboxylic acids is 1. The van der Waals surface area contributed by atoms with Crippen LogP contribution in [0.25, 0.3) is 5.78 Å². The first-order valence-electron chi connectivity index (χ1n) is 8.04. The summed E-state index contributed by atoms with van der Waals surface area (Å²) in [7, 11) is 0. The molecular weight excluding hydrogens is 323 g/mol. The van der Waals surface area contributed by atoms with Gasteiger partial charge in [0.05, 0.1) is 5.92 Å². The summed E-state index contributed by atoms with van der Waals surface area (Å²) in [6, 6.07) is 7.93. The Morgan fingerprint density at radius 2 is 2.12 bits per heavy atom. The lowest BCUT2D eigenvalue weighted by Crippen LogP contribution is -2.31. The normalized spacial score (nSPS) is 12.2. The second-order valence-corrected chi connectivity index (χ2v) is 5.77. The zero-order valence-corrected chi connectivity index (χ0v) is 13.8. The van der Waals surface area contributed by atoms with Gasteiger partial charge in [0.15, 0.2) is 0 Å². The minimum absolute atomic E-state index is 0.310. The third kappa shape index (κ3) is 3.90. The number of anilines is 1. The Bertz CT molecular complexity index is 876. The number of aryl methyl sites for hydroxylation is 1. The molecule has 0 aliphatic rings.